The summed E-state index contributed by atoms with van der Waals surface area (Å²) in [4.78, 5) is 6.62. The third-order valence-corrected chi connectivity index (χ3v) is 5.68. The van der Waals surface area contributed by atoms with E-state index in [9.17, 15) is 4.39 Å². The van der Waals surface area contributed by atoms with Crippen molar-refractivity contribution in [2.45, 2.75) is 29.0 Å². The van der Waals surface area contributed by atoms with Crippen LogP contribution in [0.25, 0.3) is 0 Å². The molecule has 2 nitrogen and oxygen atoms in total. The summed E-state index contributed by atoms with van der Waals surface area (Å²) in [7, 11) is 0. The topological polar surface area (TPSA) is 16.1 Å². The van der Waals surface area contributed by atoms with Gasteiger partial charge in [-0.2, -0.15) is 0 Å². The lowest BCUT2D eigenvalue weighted by Gasteiger charge is -2.19. The van der Waals surface area contributed by atoms with Crippen LogP contribution >= 0.6 is 27.7 Å². The number of aromatic nitrogens is 1. The molecule has 1 fully saturated rings. The van der Waals surface area contributed by atoms with Crippen LogP contribution in [0.2, 0.25) is 0 Å². The molecule has 22 heavy (non-hydrogen) atoms. The van der Waals surface area contributed by atoms with Crippen LogP contribution in [0.1, 0.15) is 17.5 Å². The zero-order valence-corrected chi connectivity index (χ0v) is 14.8. The molecule has 0 bridgehead atoms. The van der Waals surface area contributed by atoms with Crippen molar-refractivity contribution in [2.75, 3.05) is 18.0 Å². The van der Waals surface area contributed by atoms with Crippen molar-refractivity contribution >= 4 is 33.4 Å². The molecule has 1 aliphatic rings. The first-order valence-corrected chi connectivity index (χ1v) is 9.34. The van der Waals surface area contributed by atoms with Gasteiger partial charge >= 0.3 is 0 Å². The minimum absolute atomic E-state index is 0.120. The number of hydrogen-bond donors (Lipinski definition) is 0. The molecule has 0 saturated carbocycles. The van der Waals surface area contributed by atoms with E-state index < -0.39 is 0 Å². The van der Waals surface area contributed by atoms with E-state index in [2.05, 4.69) is 37.9 Å². The molecule has 1 aromatic heterocycles. The van der Waals surface area contributed by atoms with Crippen molar-refractivity contribution in [1.29, 1.82) is 0 Å². The fourth-order valence-corrected chi connectivity index (χ4v) is 4.05. The van der Waals surface area contributed by atoms with Gasteiger partial charge in [-0.1, -0.05) is 28.1 Å². The fraction of sp³-hybridized carbons (Fsp3) is 0.353. The standard InChI is InChI=1S/C17H18BrFN2S/c1-12-2-4-16(15(19)8-12)21-7-6-14(11-21)22-17-5-3-13(9-18)10-20-17/h2-5,8,10,14H,6-7,9,11H2,1H3. The smallest absolute Gasteiger partial charge is 0.146 e. The Kier molecular flexibility index (Phi) is 5.03. The molecule has 0 spiro atoms. The van der Waals surface area contributed by atoms with E-state index in [1.54, 1.807) is 17.8 Å². The Hall–Kier alpha value is -1.07. The summed E-state index contributed by atoms with van der Waals surface area (Å²) in [6.45, 7) is 3.68. The van der Waals surface area contributed by atoms with Crippen LogP contribution in [0.5, 0.6) is 0 Å². The fourth-order valence-electron chi connectivity index (χ4n) is 2.64. The van der Waals surface area contributed by atoms with Gasteiger partial charge in [0.05, 0.1) is 10.7 Å². The summed E-state index contributed by atoms with van der Waals surface area (Å²) in [6, 6.07) is 9.63. The van der Waals surface area contributed by atoms with Crippen molar-refractivity contribution in [1.82, 2.24) is 4.98 Å². The van der Waals surface area contributed by atoms with E-state index in [0.29, 0.717) is 5.25 Å². The molecule has 1 aromatic carbocycles. The second-order valence-electron chi connectivity index (χ2n) is 5.57. The number of aryl methyl sites for hydroxylation is 1. The molecule has 116 valence electrons. The third-order valence-electron chi connectivity index (χ3n) is 3.83. The average molecular weight is 381 g/mol. The zero-order valence-electron chi connectivity index (χ0n) is 12.4. The Bertz CT molecular complexity index is 648. The highest BCUT2D eigenvalue weighted by atomic mass is 79.9. The number of halogens is 2. The molecule has 0 aliphatic carbocycles. The Balaban J connectivity index is 1.64. The predicted molar refractivity (Wildman–Crippen MR) is 94.5 cm³/mol. The van der Waals surface area contributed by atoms with Crippen LogP contribution in [0.15, 0.2) is 41.6 Å². The molecule has 1 saturated heterocycles. The summed E-state index contributed by atoms with van der Waals surface area (Å²) >= 11 is 5.21. The number of rotatable bonds is 4. The number of benzene rings is 1. The number of thioether (sulfide) groups is 1. The van der Waals surface area contributed by atoms with E-state index in [1.165, 1.54) is 5.56 Å². The highest BCUT2D eigenvalue weighted by molar-refractivity contribution is 9.08. The molecular weight excluding hydrogens is 363 g/mol. The molecule has 1 aliphatic heterocycles. The molecule has 1 atom stereocenters. The zero-order chi connectivity index (χ0) is 15.5. The number of pyridine rings is 1. The lowest BCUT2D eigenvalue weighted by Crippen LogP contribution is -2.21. The summed E-state index contributed by atoms with van der Waals surface area (Å²) < 4.78 is 14.1. The molecule has 2 heterocycles. The lowest BCUT2D eigenvalue weighted by molar-refractivity contribution is 0.622. The van der Waals surface area contributed by atoms with Crippen LogP contribution < -0.4 is 4.90 Å². The van der Waals surface area contributed by atoms with Crippen molar-refractivity contribution in [2.24, 2.45) is 0 Å². The van der Waals surface area contributed by atoms with Crippen molar-refractivity contribution in [3.8, 4) is 0 Å². The summed E-state index contributed by atoms with van der Waals surface area (Å²) in [6.07, 6.45) is 2.96. The largest absolute Gasteiger partial charge is 0.368 e. The second kappa shape index (κ2) is 7.01. The minimum atomic E-state index is -0.120. The molecule has 2 aromatic rings. The van der Waals surface area contributed by atoms with E-state index in [0.717, 1.165) is 41.1 Å². The highest BCUT2D eigenvalue weighted by Crippen LogP contribution is 2.32. The molecule has 0 N–H and O–H groups in total. The van der Waals surface area contributed by atoms with Crippen molar-refractivity contribution < 1.29 is 4.39 Å². The molecule has 0 amide bonds. The molecule has 1 unspecified atom stereocenters. The molecule has 0 radical (unpaired) electrons. The predicted octanol–water partition coefficient (Wildman–Crippen LogP) is 4.80. The maximum atomic E-state index is 14.1. The number of anilines is 1. The number of alkyl halides is 1. The van der Waals surface area contributed by atoms with Crippen molar-refractivity contribution in [3.05, 3.63) is 53.5 Å². The Morgan fingerprint density at radius 2 is 2.23 bits per heavy atom. The first kappa shape index (κ1) is 15.8. The van der Waals surface area contributed by atoms with Gasteiger partial charge in [-0.25, -0.2) is 9.37 Å². The maximum Gasteiger partial charge on any atom is 0.146 e. The van der Waals surface area contributed by atoms with Crippen LogP contribution in [0, 0.1) is 12.7 Å². The van der Waals surface area contributed by atoms with Gasteiger partial charge in [-0.15, -0.1) is 11.8 Å². The van der Waals surface area contributed by atoms with Gasteiger partial charge in [0.1, 0.15) is 5.82 Å². The normalized spacial score (nSPS) is 18.0. The summed E-state index contributed by atoms with van der Waals surface area (Å²) in [5.41, 5.74) is 2.86. The number of hydrogen-bond acceptors (Lipinski definition) is 3. The molecule has 5 heteroatoms. The monoisotopic (exact) mass is 380 g/mol. The second-order valence-corrected chi connectivity index (χ2v) is 7.45. The third kappa shape index (κ3) is 3.63. The first-order chi connectivity index (χ1) is 10.7. The Morgan fingerprint density at radius 3 is 2.91 bits per heavy atom. The van der Waals surface area contributed by atoms with Crippen LogP contribution in [0.3, 0.4) is 0 Å². The summed E-state index contributed by atoms with van der Waals surface area (Å²) in [5, 5.41) is 2.33. The van der Waals surface area contributed by atoms with Crippen LogP contribution in [-0.4, -0.2) is 23.3 Å². The van der Waals surface area contributed by atoms with E-state index in [-0.39, 0.29) is 5.82 Å². The van der Waals surface area contributed by atoms with Gasteiger partial charge in [0.25, 0.3) is 0 Å². The van der Waals surface area contributed by atoms with E-state index in [4.69, 9.17) is 0 Å². The van der Waals surface area contributed by atoms with Gasteiger partial charge in [0.2, 0.25) is 0 Å². The van der Waals surface area contributed by atoms with E-state index >= 15 is 0 Å². The maximum absolute atomic E-state index is 14.1. The Morgan fingerprint density at radius 1 is 1.36 bits per heavy atom. The molecule has 3 rings (SSSR count). The Labute approximate surface area is 143 Å². The van der Waals surface area contributed by atoms with Gasteiger partial charge in [0, 0.05) is 29.9 Å². The highest BCUT2D eigenvalue weighted by Gasteiger charge is 2.25. The van der Waals surface area contributed by atoms with Gasteiger partial charge < -0.3 is 4.90 Å². The van der Waals surface area contributed by atoms with Crippen LogP contribution in [0.4, 0.5) is 10.1 Å². The number of nitrogens with zero attached hydrogens (tertiary/aromatic N) is 2. The quantitative estimate of drug-likeness (QED) is 0.708. The first-order valence-electron chi connectivity index (χ1n) is 7.34. The van der Waals surface area contributed by atoms with Gasteiger partial charge in [-0.3, -0.25) is 0 Å². The molecular formula is C17H18BrFN2S. The minimum Gasteiger partial charge on any atom is -0.368 e. The van der Waals surface area contributed by atoms with Gasteiger partial charge in [-0.05, 0) is 42.7 Å². The van der Waals surface area contributed by atoms with Crippen molar-refractivity contribution in [3.63, 3.8) is 0 Å². The van der Waals surface area contributed by atoms with Gasteiger partial charge in [0.15, 0.2) is 0 Å². The lowest BCUT2D eigenvalue weighted by atomic mass is 10.2. The SMILES string of the molecule is Cc1ccc(N2CCC(Sc3ccc(CBr)cn3)C2)c(F)c1. The summed E-state index contributed by atoms with van der Waals surface area (Å²) in [5.74, 6) is -0.120. The van der Waals surface area contributed by atoms with Crippen LogP contribution in [-0.2, 0) is 5.33 Å². The van der Waals surface area contributed by atoms with E-state index in [1.807, 2.05) is 25.3 Å². The average Bonchev–Trinajstić information content (AvgIpc) is 2.96.